The highest BCUT2D eigenvalue weighted by molar-refractivity contribution is 6.31. The molecule has 1 atom stereocenters. The highest BCUT2D eigenvalue weighted by Gasteiger charge is 2.17. The number of carbonyl (C=O) groups is 2. The first-order valence-electron chi connectivity index (χ1n) is 8.46. The van der Waals surface area contributed by atoms with Gasteiger partial charge in [-0.25, -0.2) is 4.39 Å². The zero-order chi connectivity index (χ0) is 19.4. The second-order valence-corrected chi connectivity index (χ2v) is 6.63. The molecule has 0 aromatic heterocycles. The van der Waals surface area contributed by atoms with Crippen molar-refractivity contribution in [3.8, 4) is 0 Å². The Bertz CT molecular complexity index is 1000. The second-order valence-electron chi connectivity index (χ2n) is 6.22. The number of benzene rings is 3. The van der Waals surface area contributed by atoms with Crippen LogP contribution in [0.2, 0.25) is 5.02 Å². The molecule has 2 N–H and O–H groups in total. The molecule has 3 rings (SSSR count). The summed E-state index contributed by atoms with van der Waals surface area (Å²) < 4.78 is 13.2. The molecule has 0 aliphatic carbocycles. The fourth-order valence-corrected chi connectivity index (χ4v) is 2.98. The summed E-state index contributed by atoms with van der Waals surface area (Å²) in [5.41, 5.74) is 1.25. The summed E-state index contributed by atoms with van der Waals surface area (Å²) in [7, 11) is 0. The number of rotatable bonds is 5. The van der Waals surface area contributed by atoms with E-state index in [0.29, 0.717) is 5.69 Å². The Morgan fingerprint density at radius 2 is 1.81 bits per heavy atom. The minimum absolute atomic E-state index is 0.0829. The third kappa shape index (κ3) is 4.63. The van der Waals surface area contributed by atoms with Gasteiger partial charge in [-0.3, -0.25) is 9.59 Å². The summed E-state index contributed by atoms with van der Waals surface area (Å²) in [5, 5.41) is 7.27. The second kappa shape index (κ2) is 8.18. The number of halogens is 2. The Labute approximate surface area is 161 Å². The van der Waals surface area contributed by atoms with E-state index in [-0.39, 0.29) is 17.4 Å². The van der Waals surface area contributed by atoms with Crippen molar-refractivity contribution in [3.63, 3.8) is 0 Å². The molecule has 0 aliphatic heterocycles. The molecule has 6 heteroatoms. The van der Waals surface area contributed by atoms with E-state index >= 15 is 0 Å². The Morgan fingerprint density at radius 3 is 2.59 bits per heavy atom. The maximum atomic E-state index is 13.2. The first kappa shape index (κ1) is 18.9. The van der Waals surface area contributed by atoms with Crippen molar-refractivity contribution in [2.24, 2.45) is 0 Å². The average molecular weight is 385 g/mol. The number of nitrogens with one attached hydrogen (secondary N) is 2. The van der Waals surface area contributed by atoms with Crippen LogP contribution in [0.4, 0.5) is 10.1 Å². The summed E-state index contributed by atoms with van der Waals surface area (Å²) in [6.07, 6.45) is 0.168. The van der Waals surface area contributed by atoms with Gasteiger partial charge in [-0.15, -0.1) is 0 Å². The van der Waals surface area contributed by atoms with Crippen LogP contribution in [0.3, 0.4) is 0 Å². The van der Waals surface area contributed by atoms with Crippen LogP contribution >= 0.6 is 11.6 Å². The number of carbonyl (C=O) groups excluding carboxylic acids is 2. The van der Waals surface area contributed by atoms with E-state index in [0.717, 1.165) is 16.3 Å². The number of anilines is 1. The smallest absolute Gasteiger partial charge is 0.246 e. The molecule has 2 amide bonds. The summed E-state index contributed by atoms with van der Waals surface area (Å²) in [5.74, 6) is -1.24. The zero-order valence-electron chi connectivity index (χ0n) is 14.6. The van der Waals surface area contributed by atoms with Crippen molar-refractivity contribution in [1.29, 1.82) is 0 Å². The molecule has 0 radical (unpaired) electrons. The molecule has 0 fully saturated rings. The van der Waals surface area contributed by atoms with Gasteiger partial charge in [-0.05, 0) is 41.5 Å². The largest absolute Gasteiger partial charge is 0.344 e. The van der Waals surface area contributed by atoms with E-state index in [2.05, 4.69) is 10.6 Å². The molecule has 0 saturated carbocycles. The van der Waals surface area contributed by atoms with Crippen LogP contribution in [0, 0.1) is 5.82 Å². The SMILES string of the molecule is C[C@H](NC(=O)Cc1cccc2ccccc12)C(=O)Nc1ccc(F)c(Cl)c1. The Morgan fingerprint density at radius 1 is 1.07 bits per heavy atom. The number of hydrogen-bond acceptors (Lipinski definition) is 2. The van der Waals surface area contributed by atoms with Gasteiger partial charge in [0.1, 0.15) is 11.9 Å². The monoisotopic (exact) mass is 384 g/mol. The predicted molar refractivity (Wildman–Crippen MR) is 105 cm³/mol. The molecule has 0 bridgehead atoms. The molecule has 0 aliphatic rings. The van der Waals surface area contributed by atoms with Gasteiger partial charge >= 0.3 is 0 Å². The highest BCUT2D eigenvalue weighted by Crippen LogP contribution is 2.20. The molecule has 0 saturated heterocycles. The van der Waals surface area contributed by atoms with Crippen molar-refractivity contribution in [2.75, 3.05) is 5.32 Å². The van der Waals surface area contributed by atoms with E-state index < -0.39 is 17.8 Å². The summed E-state index contributed by atoms with van der Waals surface area (Å²) in [6, 6.07) is 16.7. The van der Waals surface area contributed by atoms with E-state index in [1.54, 1.807) is 6.92 Å². The summed E-state index contributed by atoms with van der Waals surface area (Å²) in [4.78, 5) is 24.6. The number of hydrogen-bond donors (Lipinski definition) is 2. The maximum absolute atomic E-state index is 13.2. The van der Waals surface area contributed by atoms with Crippen molar-refractivity contribution in [1.82, 2.24) is 5.32 Å². The Hall–Kier alpha value is -2.92. The lowest BCUT2D eigenvalue weighted by molar-refractivity contribution is -0.125. The molecule has 3 aromatic carbocycles. The quantitative estimate of drug-likeness (QED) is 0.688. The van der Waals surface area contributed by atoms with Crippen molar-refractivity contribution >= 4 is 39.9 Å². The average Bonchev–Trinajstić information content (AvgIpc) is 2.65. The van der Waals surface area contributed by atoms with Gasteiger partial charge in [-0.1, -0.05) is 54.1 Å². The van der Waals surface area contributed by atoms with Crippen LogP contribution in [0.5, 0.6) is 0 Å². The lowest BCUT2D eigenvalue weighted by Crippen LogP contribution is -2.42. The molecule has 0 heterocycles. The molecule has 4 nitrogen and oxygen atoms in total. The Balaban J connectivity index is 1.62. The van der Waals surface area contributed by atoms with Crippen LogP contribution in [-0.4, -0.2) is 17.9 Å². The van der Waals surface area contributed by atoms with Crippen molar-refractivity contribution < 1.29 is 14.0 Å². The molecular weight excluding hydrogens is 367 g/mol. The third-order valence-corrected chi connectivity index (χ3v) is 4.48. The van der Waals surface area contributed by atoms with Gasteiger partial charge in [0, 0.05) is 5.69 Å². The molecule has 0 unspecified atom stereocenters. The lowest BCUT2D eigenvalue weighted by atomic mass is 10.0. The van der Waals surface area contributed by atoms with Crippen molar-refractivity contribution in [3.05, 3.63) is 77.1 Å². The zero-order valence-corrected chi connectivity index (χ0v) is 15.4. The number of fused-ring (bicyclic) bond motifs is 1. The van der Waals surface area contributed by atoms with Crippen LogP contribution in [0.25, 0.3) is 10.8 Å². The standard InChI is InChI=1S/C21H18ClFN2O2/c1-13(21(27)25-16-9-10-19(23)18(22)12-16)24-20(26)11-15-7-4-6-14-5-2-3-8-17(14)15/h2-10,12-13H,11H2,1H3,(H,24,26)(H,25,27)/t13-/m0/s1. The molecule has 0 spiro atoms. The first-order valence-corrected chi connectivity index (χ1v) is 8.84. The summed E-state index contributed by atoms with van der Waals surface area (Å²) >= 11 is 5.70. The van der Waals surface area contributed by atoms with Gasteiger partial charge in [-0.2, -0.15) is 0 Å². The van der Waals surface area contributed by atoms with E-state index in [9.17, 15) is 14.0 Å². The predicted octanol–water partition coefficient (Wildman–Crippen LogP) is 4.32. The Kier molecular flexibility index (Phi) is 5.72. The van der Waals surface area contributed by atoms with E-state index in [1.165, 1.54) is 18.2 Å². The van der Waals surface area contributed by atoms with Crippen molar-refractivity contribution in [2.45, 2.75) is 19.4 Å². The maximum Gasteiger partial charge on any atom is 0.246 e. The fourth-order valence-electron chi connectivity index (χ4n) is 2.80. The fraction of sp³-hybridized carbons (Fsp3) is 0.143. The van der Waals surface area contributed by atoms with Gasteiger partial charge < -0.3 is 10.6 Å². The molecular formula is C21H18ClFN2O2. The van der Waals surface area contributed by atoms with Crippen LogP contribution in [-0.2, 0) is 16.0 Å². The van der Waals surface area contributed by atoms with Crippen LogP contribution in [0.15, 0.2) is 60.7 Å². The van der Waals surface area contributed by atoms with Crippen LogP contribution < -0.4 is 10.6 Å². The molecule has 138 valence electrons. The third-order valence-electron chi connectivity index (χ3n) is 4.19. The van der Waals surface area contributed by atoms with Gasteiger partial charge in [0.05, 0.1) is 11.4 Å². The van der Waals surface area contributed by atoms with E-state index in [4.69, 9.17) is 11.6 Å². The topological polar surface area (TPSA) is 58.2 Å². The van der Waals surface area contributed by atoms with Gasteiger partial charge in [0.2, 0.25) is 11.8 Å². The molecule has 27 heavy (non-hydrogen) atoms. The van der Waals surface area contributed by atoms with Gasteiger partial charge in [0.15, 0.2) is 0 Å². The molecule has 3 aromatic rings. The number of amides is 2. The lowest BCUT2D eigenvalue weighted by Gasteiger charge is -2.15. The summed E-state index contributed by atoms with van der Waals surface area (Å²) in [6.45, 7) is 1.58. The van der Waals surface area contributed by atoms with Crippen LogP contribution in [0.1, 0.15) is 12.5 Å². The van der Waals surface area contributed by atoms with E-state index in [1.807, 2.05) is 42.5 Å². The highest BCUT2D eigenvalue weighted by atomic mass is 35.5. The minimum Gasteiger partial charge on any atom is -0.344 e. The first-order chi connectivity index (χ1) is 12.9. The minimum atomic E-state index is -0.753. The van der Waals surface area contributed by atoms with Gasteiger partial charge in [0.25, 0.3) is 0 Å². The normalized spacial score (nSPS) is 11.8.